The summed E-state index contributed by atoms with van der Waals surface area (Å²) in [6, 6.07) is 7.54. The number of benzene rings is 1. The van der Waals surface area contributed by atoms with Gasteiger partial charge in [0.15, 0.2) is 12.3 Å². The molecule has 1 N–H and O–H groups in total. The lowest BCUT2D eigenvalue weighted by Crippen LogP contribution is -2.38. The van der Waals surface area contributed by atoms with Crippen molar-refractivity contribution in [1.29, 1.82) is 0 Å². The van der Waals surface area contributed by atoms with Crippen molar-refractivity contribution in [3.63, 3.8) is 0 Å². The summed E-state index contributed by atoms with van der Waals surface area (Å²) in [5, 5.41) is 2.85. The van der Waals surface area contributed by atoms with Crippen LogP contribution in [0.5, 0.6) is 5.75 Å². The molecule has 1 saturated carbocycles. The molecule has 23 heavy (non-hydrogen) atoms. The first-order chi connectivity index (χ1) is 11.2. The topological polar surface area (TPSA) is 84.7 Å². The van der Waals surface area contributed by atoms with Gasteiger partial charge in [-0.2, -0.15) is 0 Å². The molecule has 0 spiro atoms. The Bertz CT molecular complexity index is 766. The maximum Gasteiger partial charge on any atom is 0.273 e. The highest BCUT2D eigenvalue weighted by molar-refractivity contribution is 5.97. The van der Waals surface area contributed by atoms with Crippen LogP contribution in [0.4, 0.5) is 5.69 Å². The van der Waals surface area contributed by atoms with E-state index in [9.17, 15) is 9.59 Å². The second kappa shape index (κ2) is 5.42. The van der Waals surface area contributed by atoms with E-state index in [1.807, 2.05) is 12.1 Å². The smallest absolute Gasteiger partial charge is 0.273 e. The zero-order valence-corrected chi connectivity index (χ0v) is 12.3. The number of para-hydroxylation sites is 2. The van der Waals surface area contributed by atoms with Gasteiger partial charge in [-0.25, -0.2) is 4.98 Å². The Morgan fingerprint density at radius 3 is 3.00 bits per heavy atom. The standard InChI is InChI=1S/C16H15N3O4/c20-15-9-22-13-4-2-1-3-12(13)19(15)7-14-18-11(8-23-14)16(21)17-10-5-6-10/h1-4,8,10H,5-7,9H2,(H,17,21). The number of aromatic nitrogens is 1. The van der Waals surface area contributed by atoms with E-state index in [1.165, 1.54) is 6.26 Å². The summed E-state index contributed by atoms with van der Waals surface area (Å²) < 4.78 is 10.7. The maximum absolute atomic E-state index is 12.1. The van der Waals surface area contributed by atoms with E-state index in [1.54, 1.807) is 17.0 Å². The van der Waals surface area contributed by atoms with Gasteiger partial charge in [-0.3, -0.25) is 14.5 Å². The number of carbonyl (C=O) groups excluding carboxylic acids is 2. The molecule has 0 saturated heterocycles. The number of amides is 2. The molecule has 2 aromatic rings. The highest BCUT2D eigenvalue weighted by Gasteiger charge is 2.28. The Labute approximate surface area is 132 Å². The molecule has 1 aliphatic heterocycles. The van der Waals surface area contributed by atoms with Crippen molar-refractivity contribution < 1.29 is 18.7 Å². The molecular formula is C16H15N3O4. The van der Waals surface area contributed by atoms with Crippen molar-refractivity contribution in [3.8, 4) is 5.75 Å². The van der Waals surface area contributed by atoms with Crippen LogP contribution < -0.4 is 15.0 Å². The summed E-state index contributed by atoms with van der Waals surface area (Å²) in [6.45, 7) is 0.142. The number of rotatable bonds is 4. The average Bonchev–Trinajstić information content (AvgIpc) is 3.24. The lowest BCUT2D eigenvalue weighted by Gasteiger charge is -2.28. The summed E-state index contributed by atoms with van der Waals surface area (Å²) in [5.41, 5.74) is 0.909. The quantitative estimate of drug-likeness (QED) is 0.924. The first-order valence-corrected chi connectivity index (χ1v) is 7.48. The minimum Gasteiger partial charge on any atom is -0.482 e. The molecule has 1 aromatic heterocycles. The molecule has 7 heteroatoms. The molecule has 0 radical (unpaired) electrons. The number of oxazole rings is 1. The molecule has 0 bridgehead atoms. The lowest BCUT2D eigenvalue weighted by molar-refractivity contribution is -0.121. The van der Waals surface area contributed by atoms with Gasteiger partial charge in [0.2, 0.25) is 5.89 Å². The monoisotopic (exact) mass is 313 g/mol. The van der Waals surface area contributed by atoms with Crippen molar-refractivity contribution in [1.82, 2.24) is 10.3 Å². The number of fused-ring (bicyclic) bond motifs is 1. The van der Waals surface area contributed by atoms with E-state index in [2.05, 4.69) is 10.3 Å². The number of hydrogen-bond acceptors (Lipinski definition) is 5. The zero-order chi connectivity index (χ0) is 15.8. The summed E-state index contributed by atoms with van der Waals surface area (Å²) in [5.74, 6) is 0.545. The molecule has 2 amide bonds. The lowest BCUT2D eigenvalue weighted by atomic mass is 10.2. The summed E-state index contributed by atoms with van der Waals surface area (Å²) in [6.07, 6.45) is 3.34. The number of carbonyl (C=O) groups is 2. The molecule has 1 fully saturated rings. The summed E-state index contributed by atoms with van der Waals surface area (Å²) >= 11 is 0. The number of anilines is 1. The van der Waals surface area contributed by atoms with Crippen molar-refractivity contribution >= 4 is 17.5 Å². The molecule has 0 unspecified atom stereocenters. The van der Waals surface area contributed by atoms with Crippen molar-refractivity contribution in [2.24, 2.45) is 0 Å². The summed E-state index contributed by atoms with van der Waals surface area (Å²) in [4.78, 5) is 29.8. The first kappa shape index (κ1) is 13.8. The first-order valence-electron chi connectivity index (χ1n) is 7.48. The largest absolute Gasteiger partial charge is 0.482 e. The average molecular weight is 313 g/mol. The van der Waals surface area contributed by atoms with Crippen LogP contribution in [0, 0.1) is 0 Å². The third-order valence-electron chi connectivity index (χ3n) is 3.80. The molecule has 0 atom stereocenters. The van der Waals surface area contributed by atoms with Crippen LogP contribution in [0.25, 0.3) is 0 Å². The Kier molecular flexibility index (Phi) is 3.25. The normalized spacial score (nSPS) is 16.7. The molecule has 4 rings (SSSR count). The molecule has 1 aliphatic carbocycles. The molecule has 118 valence electrons. The third kappa shape index (κ3) is 2.77. The van der Waals surface area contributed by atoms with Gasteiger partial charge in [0.05, 0.1) is 5.69 Å². The van der Waals surface area contributed by atoms with Crippen LogP contribution in [-0.2, 0) is 11.3 Å². The van der Waals surface area contributed by atoms with Crippen molar-refractivity contribution in [3.05, 3.63) is 42.1 Å². The van der Waals surface area contributed by atoms with E-state index in [4.69, 9.17) is 9.15 Å². The number of nitrogens with zero attached hydrogens (tertiary/aromatic N) is 2. The second-order valence-electron chi connectivity index (χ2n) is 5.61. The predicted octanol–water partition coefficient (Wildman–Crippen LogP) is 1.49. The van der Waals surface area contributed by atoms with E-state index >= 15 is 0 Å². The fourth-order valence-corrected chi connectivity index (χ4v) is 2.44. The van der Waals surface area contributed by atoms with Crippen LogP contribution in [0.3, 0.4) is 0 Å². The van der Waals surface area contributed by atoms with Crippen molar-refractivity contribution in [2.75, 3.05) is 11.5 Å². The van der Waals surface area contributed by atoms with Crippen LogP contribution in [0.1, 0.15) is 29.2 Å². The molecule has 1 aromatic carbocycles. The zero-order valence-electron chi connectivity index (χ0n) is 12.3. The van der Waals surface area contributed by atoms with Crippen LogP contribution in [-0.4, -0.2) is 29.4 Å². The van der Waals surface area contributed by atoms with Gasteiger partial charge in [-0.05, 0) is 25.0 Å². The van der Waals surface area contributed by atoms with Gasteiger partial charge < -0.3 is 14.5 Å². The third-order valence-corrected chi connectivity index (χ3v) is 3.80. The molecule has 2 heterocycles. The van der Waals surface area contributed by atoms with E-state index in [-0.39, 0.29) is 36.7 Å². The fourth-order valence-electron chi connectivity index (χ4n) is 2.44. The maximum atomic E-state index is 12.1. The molecule has 7 nitrogen and oxygen atoms in total. The predicted molar refractivity (Wildman–Crippen MR) is 80.1 cm³/mol. The Hall–Kier alpha value is -2.83. The summed E-state index contributed by atoms with van der Waals surface area (Å²) in [7, 11) is 0. The SMILES string of the molecule is O=C(NC1CC1)c1coc(CN2C(=O)COc3ccccc32)n1. The van der Waals surface area contributed by atoms with E-state index in [0.29, 0.717) is 17.3 Å². The van der Waals surface area contributed by atoms with Crippen LogP contribution in [0.2, 0.25) is 0 Å². The van der Waals surface area contributed by atoms with Gasteiger partial charge in [-0.15, -0.1) is 0 Å². The van der Waals surface area contributed by atoms with Gasteiger partial charge in [0, 0.05) is 6.04 Å². The highest BCUT2D eigenvalue weighted by Crippen LogP contribution is 2.32. The van der Waals surface area contributed by atoms with Gasteiger partial charge in [0.1, 0.15) is 18.6 Å². The van der Waals surface area contributed by atoms with Crippen molar-refractivity contribution in [2.45, 2.75) is 25.4 Å². The highest BCUT2D eigenvalue weighted by atomic mass is 16.5. The van der Waals surface area contributed by atoms with E-state index in [0.717, 1.165) is 12.8 Å². The van der Waals surface area contributed by atoms with Crippen LogP contribution >= 0.6 is 0 Å². The number of nitrogens with one attached hydrogen (secondary N) is 1. The molecular weight excluding hydrogens is 298 g/mol. The van der Waals surface area contributed by atoms with Gasteiger partial charge >= 0.3 is 0 Å². The van der Waals surface area contributed by atoms with E-state index < -0.39 is 0 Å². The Morgan fingerprint density at radius 1 is 1.35 bits per heavy atom. The number of hydrogen-bond donors (Lipinski definition) is 1. The van der Waals surface area contributed by atoms with Crippen LogP contribution in [0.15, 0.2) is 34.9 Å². The van der Waals surface area contributed by atoms with Gasteiger partial charge in [0.25, 0.3) is 11.8 Å². The Morgan fingerprint density at radius 2 is 2.17 bits per heavy atom. The fraction of sp³-hybridized carbons (Fsp3) is 0.312. The minimum absolute atomic E-state index is 0.0211. The second-order valence-corrected chi connectivity index (χ2v) is 5.61. The van der Waals surface area contributed by atoms with Gasteiger partial charge in [-0.1, -0.05) is 12.1 Å². The molecule has 2 aliphatic rings. The number of ether oxygens (including phenoxy) is 1. The Balaban J connectivity index is 1.52. The minimum atomic E-state index is -0.240.